The molecule has 0 aromatic rings. The average Bonchev–Trinajstić information content (AvgIpc) is 3.07. The highest BCUT2D eigenvalue weighted by Crippen LogP contribution is 2.59. The number of fused-ring (bicyclic) bond motifs is 1. The quantitative estimate of drug-likeness (QED) is 0.464. The van der Waals surface area contributed by atoms with E-state index < -0.39 is 17.8 Å². The van der Waals surface area contributed by atoms with Crippen LogP contribution in [0, 0.1) is 23.2 Å². The molecule has 0 spiro atoms. The van der Waals surface area contributed by atoms with Crippen molar-refractivity contribution in [2.24, 2.45) is 23.2 Å². The number of aliphatic hydroxyl groups excluding tert-OH is 2. The molecule has 3 nitrogen and oxygen atoms in total. The van der Waals surface area contributed by atoms with E-state index in [0.717, 1.165) is 30.4 Å². The zero-order valence-electron chi connectivity index (χ0n) is 20.1. The fourth-order valence-corrected chi connectivity index (χ4v) is 6.42. The van der Waals surface area contributed by atoms with E-state index in [2.05, 4.69) is 44.7 Å². The molecular formula is C28H44O3. The van der Waals surface area contributed by atoms with Gasteiger partial charge >= 0.3 is 0 Å². The Morgan fingerprint density at radius 2 is 2.00 bits per heavy atom. The van der Waals surface area contributed by atoms with Gasteiger partial charge in [0.15, 0.2) is 0 Å². The van der Waals surface area contributed by atoms with E-state index in [9.17, 15) is 15.3 Å². The van der Waals surface area contributed by atoms with Crippen molar-refractivity contribution in [1.82, 2.24) is 0 Å². The lowest BCUT2D eigenvalue weighted by molar-refractivity contribution is 0.0588. The van der Waals surface area contributed by atoms with Crippen LogP contribution in [-0.4, -0.2) is 33.1 Å². The molecule has 3 aliphatic carbocycles. The highest BCUT2D eigenvalue weighted by atomic mass is 16.3. The fourth-order valence-electron chi connectivity index (χ4n) is 6.42. The summed E-state index contributed by atoms with van der Waals surface area (Å²) in [5, 5.41) is 30.5. The number of aliphatic hydroxyl groups is 3. The second-order valence-electron chi connectivity index (χ2n) is 11.0. The van der Waals surface area contributed by atoms with Gasteiger partial charge in [-0.3, -0.25) is 0 Å². The molecule has 0 radical (unpaired) electrons. The lowest BCUT2D eigenvalue weighted by Crippen LogP contribution is -2.35. The van der Waals surface area contributed by atoms with Crippen molar-refractivity contribution in [2.45, 2.75) is 103 Å². The summed E-state index contributed by atoms with van der Waals surface area (Å²) >= 11 is 0. The van der Waals surface area contributed by atoms with Crippen molar-refractivity contribution >= 4 is 0 Å². The highest BCUT2D eigenvalue weighted by molar-refractivity contribution is 5.38. The van der Waals surface area contributed by atoms with Gasteiger partial charge in [-0.25, -0.2) is 0 Å². The zero-order chi connectivity index (χ0) is 22.8. The summed E-state index contributed by atoms with van der Waals surface area (Å²) in [6.45, 7) is 12.9. The van der Waals surface area contributed by atoms with Crippen LogP contribution in [0.2, 0.25) is 0 Å². The summed E-state index contributed by atoms with van der Waals surface area (Å²) in [5.41, 5.74) is 3.03. The maximum absolute atomic E-state index is 10.3. The third-order valence-electron chi connectivity index (χ3n) is 8.70. The van der Waals surface area contributed by atoms with Gasteiger partial charge in [-0.2, -0.15) is 0 Å². The predicted octanol–water partition coefficient (Wildman–Crippen LogP) is 5.87. The summed E-state index contributed by atoms with van der Waals surface area (Å²) in [6, 6.07) is 0. The van der Waals surface area contributed by atoms with E-state index in [-0.39, 0.29) is 0 Å². The minimum absolute atomic E-state index is 0.322. The molecular weight excluding hydrogens is 384 g/mol. The minimum Gasteiger partial charge on any atom is -0.393 e. The van der Waals surface area contributed by atoms with Crippen LogP contribution in [-0.2, 0) is 0 Å². The van der Waals surface area contributed by atoms with Gasteiger partial charge in [-0.1, -0.05) is 57.2 Å². The lowest BCUT2D eigenvalue weighted by atomic mass is 9.61. The molecule has 3 saturated carbocycles. The molecule has 0 bridgehead atoms. The highest BCUT2D eigenvalue weighted by Gasteiger charge is 2.50. The molecule has 0 amide bonds. The van der Waals surface area contributed by atoms with Gasteiger partial charge in [-0.05, 0) is 92.6 Å². The van der Waals surface area contributed by atoms with Crippen molar-refractivity contribution < 1.29 is 15.3 Å². The van der Waals surface area contributed by atoms with Crippen molar-refractivity contribution in [1.29, 1.82) is 0 Å². The van der Waals surface area contributed by atoms with Crippen molar-refractivity contribution in [3.63, 3.8) is 0 Å². The smallest absolute Gasteiger partial charge is 0.0811 e. The molecule has 3 N–H and O–H groups in total. The van der Waals surface area contributed by atoms with Crippen LogP contribution < -0.4 is 0 Å². The maximum atomic E-state index is 10.3. The van der Waals surface area contributed by atoms with Gasteiger partial charge in [0.05, 0.1) is 17.8 Å². The Kier molecular flexibility index (Phi) is 7.71. The molecule has 174 valence electrons. The van der Waals surface area contributed by atoms with Gasteiger partial charge in [0, 0.05) is 6.42 Å². The number of hydrogen-bond acceptors (Lipinski definition) is 3. The maximum Gasteiger partial charge on any atom is 0.0811 e. The van der Waals surface area contributed by atoms with Gasteiger partial charge in [0.1, 0.15) is 0 Å². The van der Waals surface area contributed by atoms with Crippen molar-refractivity contribution in [3.05, 3.63) is 47.6 Å². The predicted molar refractivity (Wildman–Crippen MR) is 129 cm³/mol. The van der Waals surface area contributed by atoms with E-state index in [4.69, 9.17) is 0 Å². The number of allylic oxidation sites excluding steroid dienone is 4. The third kappa shape index (κ3) is 5.43. The Labute approximate surface area is 189 Å². The first-order valence-corrected chi connectivity index (χ1v) is 12.4. The summed E-state index contributed by atoms with van der Waals surface area (Å²) in [4.78, 5) is 0. The number of hydrogen-bond donors (Lipinski definition) is 3. The fraction of sp³-hybridized carbons (Fsp3) is 0.714. The number of rotatable bonds is 6. The first kappa shape index (κ1) is 24.5. The molecule has 7 atom stereocenters. The van der Waals surface area contributed by atoms with E-state index in [1.165, 1.54) is 31.3 Å². The monoisotopic (exact) mass is 428 g/mol. The molecule has 3 rings (SSSR count). The van der Waals surface area contributed by atoms with Gasteiger partial charge in [-0.15, -0.1) is 0 Å². The molecule has 3 aliphatic rings. The van der Waals surface area contributed by atoms with Crippen LogP contribution in [0.15, 0.2) is 47.6 Å². The minimum atomic E-state index is -0.623. The van der Waals surface area contributed by atoms with Gasteiger partial charge < -0.3 is 15.3 Å². The summed E-state index contributed by atoms with van der Waals surface area (Å²) in [6.07, 6.45) is 16.5. The van der Waals surface area contributed by atoms with E-state index in [0.29, 0.717) is 36.0 Å². The zero-order valence-corrected chi connectivity index (χ0v) is 20.1. The second kappa shape index (κ2) is 9.77. The first-order chi connectivity index (χ1) is 14.6. The summed E-state index contributed by atoms with van der Waals surface area (Å²) in [7, 11) is 0. The van der Waals surface area contributed by atoms with Gasteiger partial charge in [0.25, 0.3) is 0 Å². The molecule has 0 saturated heterocycles. The van der Waals surface area contributed by atoms with Crippen LogP contribution in [0.5, 0.6) is 0 Å². The van der Waals surface area contributed by atoms with E-state index in [1.807, 2.05) is 13.8 Å². The second-order valence-corrected chi connectivity index (χ2v) is 11.0. The molecule has 1 unspecified atom stereocenters. The summed E-state index contributed by atoms with van der Waals surface area (Å²) < 4.78 is 0. The van der Waals surface area contributed by atoms with E-state index >= 15 is 0 Å². The molecule has 0 aromatic carbocycles. The Morgan fingerprint density at radius 3 is 2.71 bits per heavy atom. The van der Waals surface area contributed by atoms with Crippen LogP contribution in [0.4, 0.5) is 0 Å². The SMILES string of the molecule is C=C1/C(=C\C=C2/CCC[C@]3(C)C([C@H](C)/C=C/C[C@@](C)(O)CC)CC[C@@H]23)C[C@H](O)C[C@H]1O. The molecule has 3 fully saturated rings. The van der Waals surface area contributed by atoms with E-state index in [1.54, 1.807) is 0 Å². The normalized spacial score (nSPS) is 39.8. The molecule has 3 heteroatoms. The van der Waals surface area contributed by atoms with Gasteiger partial charge in [0.2, 0.25) is 0 Å². The molecule has 0 aliphatic heterocycles. The Balaban J connectivity index is 1.73. The Bertz CT molecular complexity index is 743. The Morgan fingerprint density at radius 1 is 1.26 bits per heavy atom. The van der Waals surface area contributed by atoms with Crippen molar-refractivity contribution in [2.75, 3.05) is 0 Å². The first-order valence-electron chi connectivity index (χ1n) is 12.4. The van der Waals surface area contributed by atoms with Crippen LogP contribution in [0.1, 0.15) is 85.5 Å². The van der Waals surface area contributed by atoms with Crippen LogP contribution >= 0.6 is 0 Å². The molecule has 0 heterocycles. The van der Waals surface area contributed by atoms with Crippen LogP contribution in [0.3, 0.4) is 0 Å². The van der Waals surface area contributed by atoms with Crippen LogP contribution in [0.25, 0.3) is 0 Å². The average molecular weight is 429 g/mol. The topological polar surface area (TPSA) is 60.7 Å². The standard InChI is InChI=1S/C28H44O3/c1-6-27(4,31)15-7-9-19(2)24-13-14-25-21(10-8-16-28(24,25)5)11-12-22-17-23(29)18-26(30)20(22)3/h7,9,11-12,19,23-26,29-31H,3,6,8,10,13-18H2,1-2,4-5H3/b9-7+,21-11+,22-12-/t19-,23+,24?,25+,26-,27+,28-/m1/s1. The largest absolute Gasteiger partial charge is 0.393 e. The van der Waals surface area contributed by atoms with Crippen molar-refractivity contribution in [3.8, 4) is 0 Å². The molecule has 31 heavy (non-hydrogen) atoms. The Hall–Kier alpha value is -1.16. The molecule has 0 aromatic heterocycles. The summed E-state index contributed by atoms with van der Waals surface area (Å²) in [5.74, 6) is 1.80. The third-order valence-corrected chi connectivity index (χ3v) is 8.70. The lowest BCUT2D eigenvalue weighted by Gasteiger charge is -2.44.